The van der Waals surface area contributed by atoms with E-state index in [1.165, 1.54) is 161 Å². The van der Waals surface area contributed by atoms with E-state index < -0.39 is 0 Å². The molecule has 0 radical (unpaired) electrons. The molecule has 2 heteroatoms. The first-order chi connectivity index (χ1) is 19.8. The summed E-state index contributed by atoms with van der Waals surface area (Å²) in [5.74, 6) is 4.07. The lowest BCUT2D eigenvalue weighted by Gasteiger charge is -2.29. The van der Waals surface area contributed by atoms with Gasteiger partial charge in [-0.2, -0.15) is 0 Å². The molecule has 0 spiro atoms. The third kappa shape index (κ3) is 20.7. The Hall–Kier alpha value is -0.0800. The molecule has 1 aliphatic rings. The van der Waals surface area contributed by atoms with Crippen molar-refractivity contribution in [2.45, 2.75) is 194 Å². The van der Waals surface area contributed by atoms with Crippen LogP contribution in [0.25, 0.3) is 0 Å². The normalized spacial score (nSPS) is 21.6. The Morgan fingerprint density at radius 2 is 0.675 bits per heavy atom. The van der Waals surface area contributed by atoms with Gasteiger partial charge in [0.1, 0.15) is 0 Å². The van der Waals surface area contributed by atoms with Crippen LogP contribution in [0, 0.1) is 23.7 Å². The molecule has 0 aromatic rings. The standard InChI is InChI=1S/C38H76O2/c1-5-7-9-15-22-28-37-34-38(29-23-17-12-14-19-25-33-40-4)36(27-21-16-11-13-18-24-32-39-3)31-30-35(37)26-20-10-8-6-2/h35-38H,5-34H2,1-4H3. The number of rotatable bonds is 29. The SMILES string of the molecule is CCCCCCCC1CC(CCCCCCCCOC)C(CCCCCCCCOC)CCC1CCCCCC. The molecule has 0 N–H and O–H groups in total. The average Bonchev–Trinajstić information content (AvgIpc) is 3.12. The highest BCUT2D eigenvalue weighted by Crippen LogP contribution is 2.44. The Bertz CT molecular complexity index is 492. The van der Waals surface area contributed by atoms with Gasteiger partial charge in [0, 0.05) is 27.4 Å². The first-order valence-corrected chi connectivity index (χ1v) is 18.7. The quantitative estimate of drug-likeness (QED) is 0.0664. The molecule has 4 atom stereocenters. The van der Waals surface area contributed by atoms with Gasteiger partial charge < -0.3 is 9.47 Å². The predicted molar refractivity (Wildman–Crippen MR) is 178 cm³/mol. The van der Waals surface area contributed by atoms with E-state index in [1.807, 2.05) is 14.2 Å². The van der Waals surface area contributed by atoms with E-state index in [2.05, 4.69) is 13.8 Å². The molecule has 0 saturated heterocycles. The fourth-order valence-corrected chi connectivity index (χ4v) is 7.70. The second-order valence-corrected chi connectivity index (χ2v) is 13.7. The molecule has 0 amide bonds. The Balaban J connectivity index is 2.66. The Labute approximate surface area is 253 Å². The summed E-state index contributed by atoms with van der Waals surface area (Å²) in [5.41, 5.74) is 0. The third-order valence-electron chi connectivity index (χ3n) is 10.3. The first kappa shape index (κ1) is 37.9. The minimum Gasteiger partial charge on any atom is -0.385 e. The van der Waals surface area contributed by atoms with Crippen LogP contribution in [-0.4, -0.2) is 27.4 Å². The van der Waals surface area contributed by atoms with Crippen molar-refractivity contribution in [3.05, 3.63) is 0 Å². The predicted octanol–water partition coefficient (Wildman–Crippen LogP) is 12.7. The molecule has 1 rings (SSSR count). The lowest BCUT2D eigenvalue weighted by atomic mass is 9.76. The zero-order chi connectivity index (χ0) is 28.9. The molecule has 1 aliphatic carbocycles. The van der Waals surface area contributed by atoms with Crippen LogP contribution in [0.5, 0.6) is 0 Å². The van der Waals surface area contributed by atoms with Gasteiger partial charge in [0.25, 0.3) is 0 Å². The second-order valence-electron chi connectivity index (χ2n) is 13.7. The summed E-state index contributed by atoms with van der Waals surface area (Å²) in [6.45, 7) is 6.59. The van der Waals surface area contributed by atoms with Crippen molar-refractivity contribution in [3.8, 4) is 0 Å². The molecular formula is C38H76O2. The van der Waals surface area contributed by atoms with Crippen LogP contribution in [0.2, 0.25) is 0 Å². The van der Waals surface area contributed by atoms with E-state index in [4.69, 9.17) is 9.47 Å². The van der Waals surface area contributed by atoms with Crippen LogP contribution in [0.4, 0.5) is 0 Å². The van der Waals surface area contributed by atoms with Crippen molar-refractivity contribution in [2.24, 2.45) is 23.7 Å². The van der Waals surface area contributed by atoms with E-state index >= 15 is 0 Å². The first-order valence-electron chi connectivity index (χ1n) is 18.7. The summed E-state index contributed by atoms with van der Waals surface area (Å²) >= 11 is 0. The number of ether oxygens (including phenoxy) is 2. The minimum absolute atomic E-state index is 0.941. The monoisotopic (exact) mass is 565 g/mol. The smallest absolute Gasteiger partial charge is 0.0462 e. The molecule has 0 bridgehead atoms. The van der Waals surface area contributed by atoms with Crippen LogP contribution < -0.4 is 0 Å². The zero-order valence-corrected chi connectivity index (χ0v) is 28.3. The van der Waals surface area contributed by atoms with Gasteiger partial charge in [0.05, 0.1) is 0 Å². The van der Waals surface area contributed by atoms with Crippen molar-refractivity contribution < 1.29 is 9.47 Å². The van der Waals surface area contributed by atoms with Crippen molar-refractivity contribution in [2.75, 3.05) is 27.4 Å². The molecule has 1 fully saturated rings. The molecule has 0 heterocycles. The lowest BCUT2D eigenvalue weighted by molar-refractivity contribution is 0.191. The highest BCUT2D eigenvalue weighted by atomic mass is 16.5. The van der Waals surface area contributed by atoms with Crippen LogP contribution >= 0.6 is 0 Å². The number of hydrogen-bond donors (Lipinski definition) is 0. The number of hydrogen-bond acceptors (Lipinski definition) is 2. The van der Waals surface area contributed by atoms with Gasteiger partial charge in [0.15, 0.2) is 0 Å². The average molecular weight is 565 g/mol. The highest BCUT2D eigenvalue weighted by molar-refractivity contribution is 4.83. The number of unbranched alkanes of at least 4 members (excludes halogenated alkanes) is 17. The van der Waals surface area contributed by atoms with E-state index in [-0.39, 0.29) is 0 Å². The highest BCUT2D eigenvalue weighted by Gasteiger charge is 2.32. The van der Waals surface area contributed by atoms with Crippen molar-refractivity contribution in [1.29, 1.82) is 0 Å². The van der Waals surface area contributed by atoms with Crippen LogP contribution in [0.1, 0.15) is 194 Å². The Morgan fingerprint density at radius 1 is 0.375 bits per heavy atom. The molecule has 0 aromatic heterocycles. The summed E-state index contributed by atoms with van der Waals surface area (Å²) < 4.78 is 10.5. The molecule has 0 aromatic carbocycles. The summed E-state index contributed by atoms with van der Waals surface area (Å²) in [4.78, 5) is 0. The summed E-state index contributed by atoms with van der Waals surface area (Å²) in [6.07, 6.45) is 40.5. The van der Waals surface area contributed by atoms with Gasteiger partial charge >= 0.3 is 0 Å². The summed E-state index contributed by atoms with van der Waals surface area (Å²) in [6, 6.07) is 0. The zero-order valence-electron chi connectivity index (χ0n) is 28.3. The van der Waals surface area contributed by atoms with Crippen LogP contribution in [0.15, 0.2) is 0 Å². The fourth-order valence-electron chi connectivity index (χ4n) is 7.70. The Morgan fingerprint density at radius 3 is 1.05 bits per heavy atom. The Kier molecular flexibility index (Phi) is 27.5. The van der Waals surface area contributed by atoms with Crippen molar-refractivity contribution in [1.82, 2.24) is 0 Å². The van der Waals surface area contributed by atoms with E-state index in [9.17, 15) is 0 Å². The molecule has 240 valence electrons. The molecule has 0 aliphatic heterocycles. The summed E-state index contributed by atoms with van der Waals surface area (Å²) in [7, 11) is 3.67. The number of methoxy groups -OCH3 is 2. The fraction of sp³-hybridized carbons (Fsp3) is 1.00. The van der Waals surface area contributed by atoms with Gasteiger partial charge in [-0.15, -0.1) is 0 Å². The lowest BCUT2D eigenvalue weighted by Crippen LogP contribution is -2.18. The van der Waals surface area contributed by atoms with Crippen molar-refractivity contribution >= 4 is 0 Å². The molecule has 40 heavy (non-hydrogen) atoms. The second kappa shape index (κ2) is 29.0. The summed E-state index contributed by atoms with van der Waals surface area (Å²) in [5, 5.41) is 0. The molecule has 1 saturated carbocycles. The topological polar surface area (TPSA) is 18.5 Å². The van der Waals surface area contributed by atoms with Crippen LogP contribution in [0.3, 0.4) is 0 Å². The maximum absolute atomic E-state index is 5.24. The molecule has 4 unspecified atom stereocenters. The van der Waals surface area contributed by atoms with Gasteiger partial charge in [-0.3, -0.25) is 0 Å². The van der Waals surface area contributed by atoms with Gasteiger partial charge in [-0.05, 0) is 55.8 Å². The van der Waals surface area contributed by atoms with Gasteiger partial charge in [-0.25, -0.2) is 0 Å². The maximum atomic E-state index is 5.24. The molecule has 2 nitrogen and oxygen atoms in total. The minimum atomic E-state index is 0.941. The van der Waals surface area contributed by atoms with E-state index in [0.717, 1.165) is 36.9 Å². The van der Waals surface area contributed by atoms with Crippen LogP contribution in [-0.2, 0) is 9.47 Å². The van der Waals surface area contributed by atoms with Gasteiger partial charge in [-0.1, -0.05) is 162 Å². The van der Waals surface area contributed by atoms with Gasteiger partial charge in [0.2, 0.25) is 0 Å². The van der Waals surface area contributed by atoms with E-state index in [0.29, 0.717) is 0 Å². The molecular weight excluding hydrogens is 488 g/mol. The maximum Gasteiger partial charge on any atom is 0.0462 e. The largest absolute Gasteiger partial charge is 0.385 e. The van der Waals surface area contributed by atoms with Crippen molar-refractivity contribution in [3.63, 3.8) is 0 Å². The third-order valence-corrected chi connectivity index (χ3v) is 10.3. The van der Waals surface area contributed by atoms with E-state index in [1.54, 1.807) is 19.3 Å².